The van der Waals surface area contributed by atoms with Gasteiger partial charge in [-0.15, -0.1) is 0 Å². The van der Waals surface area contributed by atoms with E-state index in [1.807, 2.05) is 13.8 Å². The van der Waals surface area contributed by atoms with Gasteiger partial charge in [0.05, 0.1) is 11.7 Å². The second-order valence-corrected chi connectivity index (χ2v) is 3.65. The molecule has 1 aromatic rings. The molecule has 1 aromatic carbocycles. The lowest BCUT2D eigenvalue weighted by molar-refractivity contribution is 0.0691. The number of nitrogens with one attached hydrogen (secondary N) is 1. The summed E-state index contributed by atoms with van der Waals surface area (Å²) in [6, 6.07) is 3.94. The van der Waals surface area contributed by atoms with Crippen LogP contribution in [-0.4, -0.2) is 30.3 Å². The van der Waals surface area contributed by atoms with E-state index in [1.54, 1.807) is 0 Å². The molecule has 0 bridgehead atoms. The highest BCUT2D eigenvalue weighted by Crippen LogP contribution is 2.14. The van der Waals surface area contributed by atoms with Crippen molar-refractivity contribution in [1.29, 1.82) is 0 Å². The Balaban J connectivity index is 2.62. The number of carbonyl (C=O) groups is 1. The Morgan fingerprint density at radius 1 is 1.59 bits per heavy atom. The van der Waals surface area contributed by atoms with Crippen LogP contribution < -0.4 is 5.32 Å². The van der Waals surface area contributed by atoms with Crippen LogP contribution in [0.2, 0.25) is 0 Å². The maximum atomic E-state index is 13.3. The molecule has 0 fully saturated rings. The first kappa shape index (κ1) is 13.4. The van der Waals surface area contributed by atoms with Gasteiger partial charge in [-0.2, -0.15) is 0 Å². The van der Waals surface area contributed by atoms with Gasteiger partial charge in [0, 0.05) is 18.8 Å². The summed E-state index contributed by atoms with van der Waals surface area (Å²) >= 11 is 0. The summed E-state index contributed by atoms with van der Waals surface area (Å²) in [4.78, 5) is 10.6. The van der Waals surface area contributed by atoms with E-state index in [1.165, 1.54) is 18.2 Å². The van der Waals surface area contributed by atoms with Crippen molar-refractivity contribution in [3.8, 4) is 0 Å². The smallest absolute Gasteiger partial charge is 0.338 e. The normalized spacial score (nSPS) is 12.2. The Bertz CT molecular complexity index is 395. The third kappa shape index (κ3) is 4.03. The molecule has 0 radical (unpaired) electrons. The Morgan fingerprint density at radius 3 is 2.82 bits per heavy atom. The number of aromatic carboxylic acids is 1. The molecular weight excluding hydrogens is 225 g/mol. The molecule has 1 rings (SSSR count). The molecule has 0 saturated heterocycles. The van der Waals surface area contributed by atoms with E-state index in [-0.39, 0.29) is 11.7 Å². The summed E-state index contributed by atoms with van der Waals surface area (Å²) in [5.74, 6) is -2.01. The first-order chi connectivity index (χ1) is 8.04. The third-order valence-corrected chi connectivity index (χ3v) is 2.24. The van der Waals surface area contributed by atoms with Gasteiger partial charge in [0.1, 0.15) is 5.82 Å². The standard InChI is InChI=1S/C12H16FNO3/c1-3-17-8(2)7-14-9-4-5-10(12(15)16)11(13)6-9/h4-6,8,14H,3,7H2,1-2H3,(H,15,16). The van der Waals surface area contributed by atoms with Gasteiger partial charge < -0.3 is 15.2 Å². The molecule has 0 spiro atoms. The first-order valence-corrected chi connectivity index (χ1v) is 5.43. The van der Waals surface area contributed by atoms with Crippen LogP contribution in [0.25, 0.3) is 0 Å². The number of halogens is 1. The van der Waals surface area contributed by atoms with E-state index in [0.717, 1.165) is 0 Å². The maximum absolute atomic E-state index is 13.3. The molecule has 1 atom stereocenters. The van der Waals surface area contributed by atoms with E-state index in [4.69, 9.17) is 9.84 Å². The van der Waals surface area contributed by atoms with Crippen molar-refractivity contribution in [3.63, 3.8) is 0 Å². The minimum Gasteiger partial charge on any atom is -0.478 e. The molecule has 0 heterocycles. The highest BCUT2D eigenvalue weighted by Gasteiger charge is 2.10. The van der Waals surface area contributed by atoms with Crippen molar-refractivity contribution in [2.75, 3.05) is 18.5 Å². The zero-order valence-corrected chi connectivity index (χ0v) is 9.87. The zero-order valence-electron chi connectivity index (χ0n) is 9.87. The van der Waals surface area contributed by atoms with Crippen molar-refractivity contribution in [3.05, 3.63) is 29.6 Å². The van der Waals surface area contributed by atoms with Crippen molar-refractivity contribution >= 4 is 11.7 Å². The van der Waals surface area contributed by atoms with Gasteiger partial charge in [0.15, 0.2) is 0 Å². The van der Waals surface area contributed by atoms with Crippen LogP contribution in [0, 0.1) is 5.82 Å². The summed E-state index contributed by atoms with van der Waals surface area (Å²) < 4.78 is 18.6. The molecule has 17 heavy (non-hydrogen) atoms. The van der Waals surface area contributed by atoms with Gasteiger partial charge >= 0.3 is 5.97 Å². The molecule has 1 unspecified atom stereocenters. The number of carboxylic acids is 1. The van der Waals surface area contributed by atoms with Crippen LogP contribution >= 0.6 is 0 Å². The van der Waals surface area contributed by atoms with Gasteiger partial charge in [-0.05, 0) is 32.0 Å². The summed E-state index contributed by atoms with van der Waals surface area (Å²) in [5.41, 5.74) is 0.215. The number of rotatable bonds is 6. The number of hydrogen-bond acceptors (Lipinski definition) is 3. The summed E-state index contributed by atoms with van der Waals surface area (Å²) in [6.07, 6.45) is 0.0159. The van der Waals surface area contributed by atoms with Crippen LogP contribution in [0.15, 0.2) is 18.2 Å². The molecule has 4 nitrogen and oxygen atoms in total. The Kier molecular flexibility index (Phi) is 4.90. The van der Waals surface area contributed by atoms with Gasteiger partial charge in [-0.1, -0.05) is 0 Å². The Hall–Kier alpha value is -1.62. The summed E-state index contributed by atoms with van der Waals surface area (Å²) in [6.45, 7) is 4.96. The van der Waals surface area contributed by atoms with Gasteiger partial charge in [0.2, 0.25) is 0 Å². The molecule has 0 aromatic heterocycles. The highest BCUT2D eigenvalue weighted by atomic mass is 19.1. The molecule has 0 aliphatic heterocycles. The number of hydrogen-bond donors (Lipinski definition) is 2. The maximum Gasteiger partial charge on any atom is 0.338 e. The van der Waals surface area contributed by atoms with Gasteiger partial charge in [-0.25, -0.2) is 9.18 Å². The van der Waals surface area contributed by atoms with Crippen molar-refractivity contribution < 1.29 is 19.0 Å². The fraction of sp³-hybridized carbons (Fsp3) is 0.417. The fourth-order valence-corrected chi connectivity index (χ4v) is 1.40. The highest BCUT2D eigenvalue weighted by molar-refractivity contribution is 5.88. The first-order valence-electron chi connectivity index (χ1n) is 5.43. The Morgan fingerprint density at radius 2 is 2.29 bits per heavy atom. The fourth-order valence-electron chi connectivity index (χ4n) is 1.40. The van der Waals surface area contributed by atoms with E-state index in [9.17, 15) is 9.18 Å². The van der Waals surface area contributed by atoms with E-state index < -0.39 is 11.8 Å². The predicted octanol–water partition coefficient (Wildman–Crippen LogP) is 2.36. The molecule has 5 heteroatoms. The quantitative estimate of drug-likeness (QED) is 0.802. The van der Waals surface area contributed by atoms with E-state index >= 15 is 0 Å². The predicted molar refractivity (Wildman–Crippen MR) is 62.9 cm³/mol. The van der Waals surface area contributed by atoms with E-state index in [0.29, 0.717) is 18.8 Å². The average Bonchev–Trinajstić information content (AvgIpc) is 2.26. The zero-order chi connectivity index (χ0) is 12.8. The monoisotopic (exact) mass is 241 g/mol. The van der Waals surface area contributed by atoms with Crippen LogP contribution in [0.4, 0.5) is 10.1 Å². The van der Waals surface area contributed by atoms with Crippen LogP contribution in [0.3, 0.4) is 0 Å². The third-order valence-electron chi connectivity index (χ3n) is 2.24. The molecule has 0 amide bonds. The second kappa shape index (κ2) is 6.20. The SMILES string of the molecule is CCOC(C)CNc1ccc(C(=O)O)c(F)c1. The van der Waals surface area contributed by atoms with Crippen molar-refractivity contribution in [1.82, 2.24) is 0 Å². The van der Waals surface area contributed by atoms with Crippen molar-refractivity contribution in [2.45, 2.75) is 20.0 Å². The molecular formula is C12H16FNO3. The number of carboxylic acid groups (broad SMARTS) is 1. The minimum atomic E-state index is -1.27. The summed E-state index contributed by atoms with van der Waals surface area (Å²) in [5, 5.41) is 11.6. The lowest BCUT2D eigenvalue weighted by Gasteiger charge is -2.13. The lowest BCUT2D eigenvalue weighted by atomic mass is 10.2. The molecule has 0 saturated carbocycles. The van der Waals surface area contributed by atoms with Gasteiger partial charge in [0.25, 0.3) is 0 Å². The molecule has 0 aliphatic rings. The minimum absolute atomic E-state index is 0.0159. The lowest BCUT2D eigenvalue weighted by Crippen LogP contribution is -2.19. The molecule has 94 valence electrons. The molecule has 2 N–H and O–H groups in total. The van der Waals surface area contributed by atoms with Gasteiger partial charge in [-0.3, -0.25) is 0 Å². The van der Waals surface area contributed by atoms with E-state index in [2.05, 4.69) is 5.32 Å². The average molecular weight is 241 g/mol. The number of anilines is 1. The largest absolute Gasteiger partial charge is 0.478 e. The Labute approximate surface area is 99.4 Å². The topological polar surface area (TPSA) is 58.6 Å². The van der Waals surface area contributed by atoms with Crippen LogP contribution in [-0.2, 0) is 4.74 Å². The van der Waals surface area contributed by atoms with Crippen LogP contribution in [0.5, 0.6) is 0 Å². The second-order valence-electron chi connectivity index (χ2n) is 3.65. The number of ether oxygens (including phenoxy) is 1. The number of benzene rings is 1. The molecule has 0 aliphatic carbocycles. The van der Waals surface area contributed by atoms with Crippen molar-refractivity contribution in [2.24, 2.45) is 0 Å². The summed E-state index contributed by atoms with van der Waals surface area (Å²) in [7, 11) is 0. The van der Waals surface area contributed by atoms with Crippen LogP contribution in [0.1, 0.15) is 24.2 Å².